The van der Waals surface area contributed by atoms with Crippen LogP contribution in [0.2, 0.25) is 0 Å². The highest BCUT2D eigenvalue weighted by Crippen LogP contribution is 2.48. The molecule has 2 N–H and O–H groups in total. The van der Waals surface area contributed by atoms with Crippen LogP contribution in [0.1, 0.15) is 12.0 Å². The molecular formula is C15H20N2O2. The molecule has 2 bridgehead atoms. The fourth-order valence-electron chi connectivity index (χ4n) is 3.54. The highest BCUT2D eigenvalue weighted by Gasteiger charge is 2.61. The summed E-state index contributed by atoms with van der Waals surface area (Å²) in [5.41, 5.74) is 6.84. The second-order valence-corrected chi connectivity index (χ2v) is 5.73. The van der Waals surface area contributed by atoms with Crippen molar-refractivity contribution in [3.05, 3.63) is 35.9 Å². The third-order valence-electron chi connectivity index (χ3n) is 4.67. The number of hydrogen-bond donors (Lipinski definition) is 1. The molecule has 0 amide bonds. The Kier molecular flexibility index (Phi) is 3.07. The van der Waals surface area contributed by atoms with Crippen LogP contribution in [0.4, 0.5) is 0 Å². The first-order valence-electron chi connectivity index (χ1n) is 6.78. The van der Waals surface area contributed by atoms with Gasteiger partial charge in [0, 0.05) is 31.5 Å². The van der Waals surface area contributed by atoms with E-state index < -0.39 is 5.54 Å². The zero-order valence-corrected chi connectivity index (χ0v) is 11.2. The number of carbonyl (C=O) groups excluding carboxylic acids is 1. The number of nitrogens with two attached hydrogens (primary N) is 1. The third kappa shape index (κ3) is 1.95. The number of benzene rings is 1. The Morgan fingerprint density at radius 3 is 2.58 bits per heavy atom. The Morgan fingerprint density at radius 2 is 2.00 bits per heavy atom. The maximum Gasteiger partial charge on any atom is 0.326 e. The third-order valence-corrected chi connectivity index (χ3v) is 4.67. The summed E-state index contributed by atoms with van der Waals surface area (Å²) < 4.78 is 4.86. The number of fused-ring (bicyclic) bond motifs is 2. The molecule has 19 heavy (non-hydrogen) atoms. The van der Waals surface area contributed by atoms with E-state index >= 15 is 0 Å². The molecule has 0 spiro atoms. The lowest BCUT2D eigenvalue weighted by atomic mass is 9.56. The van der Waals surface area contributed by atoms with Crippen molar-refractivity contribution in [1.82, 2.24) is 4.90 Å². The van der Waals surface area contributed by atoms with Gasteiger partial charge in [0.15, 0.2) is 0 Å². The Bertz CT molecular complexity index is 462. The topological polar surface area (TPSA) is 55.6 Å². The number of piperidine rings is 2. The minimum absolute atomic E-state index is 0.238. The SMILES string of the molecule is COC(=O)C1(N)C2CC1CN(Cc1ccccc1)C2. The van der Waals surface area contributed by atoms with Crippen molar-refractivity contribution >= 4 is 5.97 Å². The molecule has 2 heterocycles. The van der Waals surface area contributed by atoms with E-state index in [2.05, 4.69) is 29.2 Å². The van der Waals surface area contributed by atoms with E-state index in [0.717, 1.165) is 26.1 Å². The van der Waals surface area contributed by atoms with Crippen molar-refractivity contribution in [3.63, 3.8) is 0 Å². The predicted molar refractivity (Wildman–Crippen MR) is 72.3 cm³/mol. The quantitative estimate of drug-likeness (QED) is 0.824. The van der Waals surface area contributed by atoms with Gasteiger partial charge >= 0.3 is 5.97 Å². The van der Waals surface area contributed by atoms with Gasteiger partial charge in [0.1, 0.15) is 5.54 Å². The highest BCUT2D eigenvalue weighted by molar-refractivity contribution is 5.83. The highest BCUT2D eigenvalue weighted by atomic mass is 16.5. The summed E-state index contributed by atoms with van der Waals surface area (Å²) in [7, 11) is 1.42. The van der Waals surface area contributed by atoms with Crippen molar-refractivity contribution < 1.29 is 9.53 Å². The minimum Gasteiger partial charge on any atom is -0.468 e. The zero-order chi connectivity index (χ0) is 13.5. The molecule has 2 atom stereocenters. The molecular weight excluding hydrogens is 240 g/mol. The van der Waals surface area contributed by atoms with Gasteiger partial charge in [0.25, 0.3) is 0 Å². The van der Waals surface area contributed by atoms with E-state index in [1.807, 2.05) is 6.07 Å². The van der Waals surface area contributed by atoms with Crippen LogP contribution in [-0.2, 0) is 16.1 Å². The number of methoxy groups -OCH3 is 1. The summed E-state index contributed by atoms with van der Waals surface area (Å²) in [6, 6.07) is 10.4. The molecule has 4 nitrogen and oxygen atoms in total. The standard InChI is InChI=1S/C15H20N2O2/c1-19-14(18)15(16)12-7-13(15)10-17(9-12)8-11-5-3-2-4-6-11/h2-6,12-13H,7-10,16H2,1H3. The molecule has 3 aliphatic rings. The number of hydrogen-bond acceptors (Lipinski definition) is 4. The van der Waals surface area contributed by atoms with Gasteiger partial charge in [-0.25, -0.2) is 0 Å². The van der Waals surface area contributed by atoms with E-state index in [9.17, 15) is 4.79 Å². The first-order chi connectivity index (χ1) is 9.14. The lowest BCUT2D eigenvalue weighted by molar-refractivity contribution is -0.168. The minimum atomic E-state index is -0.734. The second-order valence-electron chi connectivity index (χ2n) is 5.73. The first-order valence-corrected chi connectivity index (χ1v) is 6.78. The number of nitrogens with zero attached hydrogens (tertiary/aromatic N) is 1. The van der Waals surface area contributed by atoms with Gasteiger partial charge in [0.05, 0.1) is 7.11 Å². The van der Waals surface area contributed by atoms with E-state index in [4.69, 9.17) is 10.5 Å². The Hall–Kier alpha value is -1.39. The van der Waals surface area contributed by atoms with Gasteiger partial charge < -0.3 is 10.5 Å². The summed E-state index contributed by atoms with van der Waals surface area (Å²) in [6.45, 7) is 2.71. The van der Waals surface area contributed by atoms with E-state index in [-0.39, 0.29) is 17.8 Å². The number of carbonyl (C=O) groups is 1. The Balaban J connectivity index is 1.66. The lowest BCUT2D eigenvalue weighted by Gasteiger charge is -2.58. The Labute approximate surface area is 113 Å². The lowest BCUT2D eigenvalue weighted by Crippen LogP contribution is -2.75. The van der Waals surface area contributed by atoms with E-state index in [1.165, 1.54) is 12.7 Å². The fraction of sp³-hybridized carbons (Fsp3) is 0.533. The molecule has 4 heteroatoms. The van der Waals surface area contributed by atoms with Gasteiger partial charge in [-0.15, -0.1) is 0 Å². The Morgan fingerprint density at radius 1 is 1.37 bits per heavy atom. The van der Waals surface area contributed by atoms with Crippen LogP contribution in [0.15, 0.2) is 30.3 Å². The largest absolute Gasteiger partial charge is 0.468 e. The van der Waals surface area contributed by atoms with Crippen LogP contribution in [0.5, 0.6) is 0 Å². The molecule has 1 aliphatic carbocycles. The molecule has 4 rings (SSSR count). The van der Waals surface area contributed by atoms with Crippen molar-refractivity contribution in [1.29, 1.82) is 0 Å². The molecule has 0 aromatic heterocycles. The number of rotatable bonds is 3. The van der Waals surface area contributed by atoms with Gasteiger partial charge in [-0.3, -0.25) is 9.69 Å². The smallest absolute Gasteiger partial charge is 0.326 e. The number of ether oxygens (including phenoxy) is 1. The molecule has 102 valence electrons. The maximum absolute atomic E-state index is 11.8. The zero-order valence-electron chi connectivity index (χ0n) is 11.2. The molecule has 3 fully saturated rings. The average Bonchev–Trinajstić information content (AvgIpc) is 2.46. The van der Waals surface area contributed by atoms with Crippen molar-refractivity contribution in [2.75, 3.05) is 20.2 Å². The molecule has 0 radical (unpaired) electrons. The van der Waals surface area contributed by atoms with Crippen LogP contribution >= 0.6 is 0 Å². The monoisotopic (exact) mass is 260 g/mol. The summed E-state index contributed by atoms with van der Waals surface area (Å²) >= 11 is 0. The summed E-state index contributed by atoms with van der Waals surface area (Å²) in [6.07, 6.45) is 1.05. The number of esters is 1. The van der Waals surface area contributed by atoms with Crippen molar-refractivity contribution in [2.45, 2.75) is 18.5 Å². The van der Waals surface area contributed by atoms with Crippen LogP contribution < -0.4 is 5.73 Å². The van der Waals surface area contributed by atoms with Crippen molar-refractivity contribution in [2.24, 2.45) is 17.6 Å². The van der Waals surface area contributed by atoms with Crippen LogP contribution in [0.25, 0.3) is 0 Å². The summed E-state index contributed by atoms with van der Waals surface area (Å²) in [4.78, 5) is 14.2. The molecule has 1 aromatic carbocycles. The maximum atomic E-state index is 11.8. The molecule has 1 saturated carbocycles. The summed E-state index contributed by atoms with van der Waals surface area (Å²) in [5, 5.41) is 0. The molecule has 1 aromatic rings. The van der Waals surface area contributed by atoms with Gasteiger partial charge in [-0.05, 0) is 12.0 Å². The van der Waals surface area contributed by atoms with Gasteiger partial charge in [0.2, 0.25) is 0 Å². The molecule has 2 aliphatic heterocycles. The van der Waals surface area contributed by atoms with Crippen LogP contribution in [0, 0.1) is 11.8 Å². The van der Waals surface area contributed by atoms with Crippen LogP contribution in [-0.4, -0.2) is 36.6 Å². The second kappa shape index (κ2) is 4.62. The summed E-state index contributed by atoms with van der Waals surface area (Å²) in [5.74, 6) is 0.234. The normalized spacial score (nSPS) is 33.6. The van der Waals surface area contributed by atoms with Crippen molar-refractivity contribution in [3.8, 4) is 0 Å². The molecule has 2 unspecified atom stereocenters. The van der Waals surface area contributed by atoms with E-state index in [1.54, 1.807) is 0 Å². The van der Waals surface area contributed by atoms with E-state index in [0.29, 0.717) is 0 Å². The van der Waals surface area contributed by atoms with Gasteiger partial charge in [-0.2, -0.15) is 0 Å². The van der Waals surface area contributed by atoms with Gasteiger partial charge in [-0.1, -0.05) is 30.3 Å². The predicted octanol–water partition coefficient (Wildman–Crippen LogP) is 1.01. The fourth-order valence-corrected chi connectivity index (χ4v) is 3.54. The van der Waals surface area contributed by atoms with Crippen LogP contribution in [0.3, 0.4) is 0 Å². The average molecular weight is 260 g/mol. The molecule has 2 saturated heterocycles. The first kappa shape index (κ1) is 12.6.